The third-order valence-electron chi connectivity index (χ3n) is 5.11. The molecule has 0 aliphatic rings. The lowest BCUT2D eigenvalue weighted by atomic mass is 9.95. The molecule has 168 valence electrons. The summed E-state index contributed by atoms with van der Waals surface area (Å²) in [4.78, 5) is 17.1. The van der Waals surface area contributed by atoms with Gasteiger partial charge in [0, 0.05) is 17.1 Å². The Morgan fingerprint density at radius 1 is 1.09 bits per heavy atom. The van der Waals surface area contributed by atoms with Crippen LogP contribution in [0.2, 0.25) is 5.02 Å². The maximum absolute atomic E-state index is 12.8. The second-order valence-corrected chi connectivity index (χ2v) is 7.64. The number of fused-ring (bicyclic) bond motifs is 1. The fourth-order valence-electron chi connectivity index (χ4n) is 3.51. The molecule has 0 aliphatic carbocycles. The topological polar surface area (TPSA) is 101 Å². The van der Waals surface area contributed by atoms with Gasteiger partial charge in [0.2, 0.25) is 0 Å². The smallest absolute Gasteiger partial charge is 0.258 e. The quantitative estimate of drug-likeness (QED) is 0.370. The molecule has 3 aromatic carbocycles. The number of para-hydroxylation sites is 1. The first-order chi connectivity index (χ1) is 16.0. The number of carbonyl (C=O) groups is 1. The number of hydrogen-bond acceptors (Lipinski definition) is 6. The van der Waals surface area contributed by atoms with Gasteiger partial charge >= 0.3 is 0 Å². The summed E-state index contributed by atoms with van der Waals surface area (Å²) in [6.45, 7) is -0.240. The molecule has 1 atom stereocenters. The number of pyridine rings is 1. The Morgan fingerprint density at radius 3 is 2.64 bits per heavy atom. The van der Waals surface area contributed by atoms with E-state index in [0.717, 1.165) is 0 Å². The number of amides is 1. The number of hydrogen-bond donors (Lipinski definition) is 3. The van der Waals surface area contributed by atoms with E-state index in [1.54, 1.807) is 60.8 Å². The van der Waals surface area contributed by atoms with Crippen LogP contribution in [-0.4, -0.2) is 34.8 Å². The molecule has 1 heterocycles. The summed E-state index contributed by atoms with van der Waals surface area (Å²) in [5, 5.41) is 24.9. The lowest BCUT2D eigenvalue weighted by molar-refractivity contribution is -0.123. The Labute approximate surface area is 195 Å². The summed E-state index contributed by atoms with van der Waals surface area (Å²) in [6.07, 6.45) is 1.55. The molecule has 4 aromatic rings. The largest absolute Gasteiger partial charge is 0.505 e. The summed E-state index contributed by atoms with van der Waals surface area (Å²) in [5.41, 5.74) is 1.21. The van der Waals surface area contributed by atoms with Crippen LogP contribution >= 0.6 is 11.6 Å². The van der Waals surface area contributed by atoms with Crippen LogP contribution in [0.4, 0.5) is 0 Å². The van der Waals surface area contributed by atoms with E-state index in [4.69, 9.17) is 21.1 Å². The van der Waals surface area contributed by atoms with Gasteiger partial charge in [-0.05, 0) is 48.0 Å². The molecule has 4 rings (SSSR count). The minimum atomic E-state index is -0.824. The highest BCUT2D eigenvalue weighted by Crippen LogP contribution is 2.40. The van der Waals surface area contributed by atoms with Crippen molar-refractivity contribution in [3.8, 4) is 23.0 Å². The Balaban J connectivity index is 1.73. The van der Waals surface area contributed by atoms with Crippen molar-refractivity contribution in [1.82, 2.24) is 10.3 Å². The van der Waals surface area contributed by atoms with E-state index >= 15 is 0 Å². The summed E-state index contributed by atoms with van der Waals surface area (Å²) in [7, 11) is 1.43. The van der Waals surface area contributed by atoms with Crippen LogP contribution in [0.25, 0.3) is 10.9 Å². The monoisotopic (exact) mass is 464 g/mol. The fraction of sp³-hybridized carbons (Fsp3) is 0.120. The van der Waals surface area contributed by atoms with Crippen LogP contribution in [0.1, 0.15) is 17.2 Å². The number of aromatic nitrogens is 1. The molecule has 0 spiro atoms. The third kappa shape index (κ3) is 4.78. The van der Waals surface area contributed by atoms with Gasteiger partial charge in [-0.2, -0.15) is 0 Å². The van der Waals surface area contributed by atoms with Crippen molar-refractivity contribution in [1.29, 1.82) is 0 Å². The molecule has 0 radical (unpaired) electrons. The molecule has 1 unspecified atom stereocenters. The summed E-state index contributed by atoms with van der Waals surface area (Å²) in [6, 6.07) is 17.8. The van der Waals surface area contributed by atoms with Crippen molar-refractivity contribution in [2.24, 2.45) is 0 Å². The van der Waals surface area contributed by atoms with Gasteiger partial charge in [0.25, 0.3) is 5.91 Å². The first-order valence-electron chi connectivity index (χ1n) is 10.1. The van der Waals surface area contributed by atoms with E-state index < -0.39 is 11.9 Å². The van der Waals surface area contributed by atoms with E-state index in [1.807, 2.05) is 6.07 Å². The highest BCUT2D eigenvalue weighted by Gasteiger charge is 2.24. The number of phenolic OH excluding ortho intramolecular Hbond substituents is 2. The van der Waals surface area contributed by atoms with Crippen molar-refractivity contribution < 1.29 is 24.5 Å². The molecule has 33 heavy (non-hydrogen) atoms. The van der Waals surface area contributed by atoms with E-state index in [2.05, 4.69) is 10.3 Å². The van der Waals surface area contributed by atoms with Crippen LogP contribution < -0.4 is 14.8 Å². The highest BCUT2D eigenvalue weighted by molar-refractivity contribution is 6.35. The van der Waals surface area contributed by atoms with E-state index in [9.17, 15) is 15.0 Å². The van der Waals surface area contributed by atoms with Crippen molar-refractivity contribution in [2.75, 3.05) is 13.7 Å². The number of aromatic hydroxyl groups is 2. The molecule has 7 nitrogen and oxygen atoms in total. The zero-order valence-electron chi connectivity index (χ0n) is 17.7. The van der Waals surface area contributed by atoms with Crippen LogP contribution in [0, 0.1) is 0 Å². The zero-order chi connectivity index (χ0) is 23.4. The second kappa shape index (κ2) is 9.67. The minimum absolute atomic E-state index is 0.0545. The van der Waals surface area contributed by atoms with Gasteiger partial charge in [-0.15, -0.1) is 0 Å². The second-order valence-electron chi connectivity index (χ2n) is 7.23. The Kier molecular flexibility index (Phi) is 6.51. The third-order valence-corrected chi connectivity index (χ3v) is 5.42. The summed E-state index contributed by atoms with van der Waals surface area (Å²) in [5.74, 6) is 0.179. The molecule has 0 bridgehead atoms. The molecule has 3 N–H and O–H groups in total. The summed E-state index contributed by atoms with van der Waals surface area (Å²) >= 11 is 6.47. The number of carbonyl (C=O) groups excluding carboxylic acids is 1. The minimum Gasteiger partial charge on any atom is -0.505 e. The van der Waals surface area contributed by atoms with E-state index in [0.29, 0.717) is 32.8 Å². The van der Waals surface area contributed by atoms with Gasteiger partial charge in [0.15, 0.2) is 18.1 Å². The molecule has 8 heteroatoms. The van der Waals surface area contributed by atoms with Crippen molar-refractivity contribution in [2.45, 2.75) is 6.04 Å². The first kappa shape index (κ1) is 22.2. The van der Waals surface area contributed by atoms with Crippen LogP contribution in [-0.2, 0) is 4.79 Å². The number of rotatable bonds is 7. The fourth-order valence-corrected chi connectivity index (χ4v) is 3.78. The number of halogens is 1. The molecule has 1 aromatic heterocycles. The Hall–Kier alpha value is -3.97. The SMILES string of the molecule is COc1cc(C(NC(=O)COc2ccccc2)c2cc(Cl)c3cccnc3c2O)ccc1O. The zero-order valence-corrected chi connectivity index (χ0v) is 18.4. The van der Waals surface area contributed by atoms with Gasteiger partial charge in [0.1, 0.15) is 17.0 Å². The lowest BCUT2D eigenvalue weighted by Crippen LogP contribution is -2.33. The first-order valence-corrected chi connectivity index (χ1v) is 10.5. The van der Waals surface area contributed by atoms with Crippen molar-refractivity contribution in [3.63, 3.8) is 0 Å². The Bertz CT molecular complexity index is 1300. The number of phenols is 2. The number of nitrogens with one attached hydrogen (secondary N) is 1. The van der Waals surface area contributed by atoms with Gasteiger partial charge < -0.3 is 25.0 Å². The maximum atomic E-state index is 12.8. The molecule has 0 saturated heterocycles. The number of methoxy groups -OCH3 is 1. The van der Waals surface area contributed by atoms with Crippen LogP contribution in [0.5, 0.6) is 23.0 Å². The van der Waals surface area contributed by atoms with Gasteiger partial charge in [0.05, 0.1) is 18.2 Å². The van der Waals surface area contributed by atoms with Gasteiger partial charge in [-0.1, -0.05) is 35.9 Å². The number of ether oxygens (including phenoxy) is 2. The van der Waals surface area contributed by atoms with Crippen LogP contribution in [0.3, 0.4) is 0 Å². The highest BCUT2D eigenvalue weighted by atomic mass is 35.5. The molecular weight excluding hydrogens is 444 g/mol. The van der Waals surface area contributed by atoms with Gasteiger partial charge in [-0.3, -0.25) is 9.78 Å². The molecular formula is C25H21ClN2O5. The molecule has 1 amide bonds. The molecule has 0 fully saturated rings. The van der Waals surface area contributed by atoms with Crippen molar-refractivity contribution >= 4 is 28.4 Å². The average Bonchev–Trinajstić information content (AvgIpc) is 2.85. The average molecular weight is 465 g/mol. The maximum Gasteiger partial charge on any atom is 0.258 e. The standard InChI is InChI=1S/C25H21ClN2O5/c1-32-21-12-15(9-10-20(21)29)23(28-22(30)14-33-16-6-3-2-4-7-16)18-13-19(26)17-8-5-11-27-24(17)25(18)31/h2-13,23,29,31H,14H2,1H3,(H,28,30). The lowest BCUT2D eigenvalue weighted by Gasteiger charge is -2.22. The molecule has 0 aliphatic heterocycles. The normalized spacial score (nSPS) is 11.7. The number of benzene rings is 3. The van der Waals surface area contributed by atoms with Crippen LogP contribution in [0.15, 0.2) is 72.9 Å². The number of nitrogens with zero attached hydrogens (tertiary/aromatic N) is 1. The van der Waals surface area contributed by atoms with Gasteiger partial charge in [-0.25, -0.2) is 0 Å². The van der Waals surface area contributed by atoms with Crippen molar-refractivity contribution in [3.05, 3.63) is 89.1 Å². The molecule has 0 saturated carbocycles. The predicted molar refractivity (Wildman–Crippen MR) is 125 cm³/mol. The summed E-state index contributed by atoms with van der Waals surface area (Å²) < 4.78 is 10.8. The Morgan fingerprint density at radius 2 is 1.88 bits per heavy atom. The van der Waals surface area contributed by atoms with E-state index in [1.165, 1.54) is 13.2 Å². The van der Waals surface area contributed by atoms with E-state index in [-0.39, 0.29) is 23.9 Å². The predicted octanol–water partition coefficient (Wildman–Crippen LogP) is 4.59.